The minimum atomic E-state index is -0.608. The number of hydrogen-bond acceptors (Lipinski definition) is 4. The molecule has 0 aliphatic carbocycles. The van der Waals surface area contributed by atoms with Crippen molar-refractivity contribution in [2.75, 3.05) is 0 Å². The molecule has 0 spiro atoms. The number of benzene rings is 3. The lowest BCUT2D eigenvalue weighted by Gasteiger charge is -2.07. The van der Waals surface area contributed by atoms with Crippen molar-refractivity contribution in [3.63, 3.8) is 0 Å². The average Bonchev–Trinajstić information content (AvgIpc) is 2.68. The summed E-state index contributed by atoms with van der Waals surface area (Å²) in [6.45, 7) is 0. The second-order valence-electron chi connectivity index (χ2n) is 5.77. The molecule has 0 saturated heterocycles. The van der Waals surface area contributed by atoms with Crippen molar-refractivity contribution in [2.24, 2.45) is 5.10 Å². The third kappa shape index (κ3) is 5.67. The second kappa shape index (κ2) is 9.69. The average molecular weight is 492 g/mol. The number of ether oxygens (including phenoxy) is 1. The van der Waals surface area contributed by atoms with Crippen molar-refractivity contribution in [3.05, 3.63) is 97.9 Å². The van der Waals surface area contributed by atoms with Gasteiger partial charge < -0.3 is 4.74 Å². The Morgan fingerprint density at radius 2 is 1.76 bits per heavy atom. The molecule has 0 bridgehead atoms. The Hall–Kier alpha value is -2.67. The van der Waals surface area contributed by atoms with Gasteiger partial charge in [-0.15, -0.1) is 0 Å². The number of esters is 1. The molecule has 0 unspecified atom stereocenters. The van der Waals surface area contributed by atoms with Gasteiger partial charge >= 0.3 is 5.97 Å². The van der Waals surface area contributed by atoms with Crippen LogP contribution >= 0.6 is 39.1 Å². The third-order valence-electron chi connectivity index (χ3n) is 3.72. The summed E-state index contributed by atoms with van der Waals surface area (Å²) < 4.78 is 6.02. The highest BCUT2D eigenvalue weighted by atomic mass is 79.9. The molecule has 0 atom stereocenters. The summed E-state index contributed by atoms with van der Waals surface area (Å²) in [7, 11) is 0. The molecule has 0 saturated carbocycles. The van der Waals surface area contributed by atoms with Gasteiger partial charge in [0, 0.05) is 9.50 Å². The molecule has 0 radical (unpaired) electrons. The molecule has 0 heterocycles. The molecule has 3 rings (SSSR count). The third-order valence-corrected chi connectivity index (χ3v) is 4.96. The van der Waals surface area contributed by atoms with E-state index in [0.29, 0.717) is 26.4 Å². The fraction of sp³-hybridized carbons (Fsp3) is 0. The number of hydrazone groups is 1. The number of rotatable bonds is 5. The molecule has 0 aliphatic heterocycles. The Labute approximate surface area is 185 Å². The maximum absolute atomic E-state index is 12.3. The summed E-state index contributed by atoms with van der Waals surface area (Å²) in [5, 5.41) is 4.57. The van der Waals surface area contributed by atoms with E-state index in [2.05, 4.69) is 26.5 Å². The molecule has 8 heteroatoms. The molecule has 3 aromatic carbocycles. The first-order valence-corrected chi connectivity index (χ1v) is 9.84. The minimum absolute atomic E-state index is 0.204. The molecular formula is C21H13BrCl2N2O3. The van der Waals surface area contributed by atoms with Crippen LogP contribution in [0.25, 0.3) is 0 Å². The van der Waals surface area contributed by atoms with Crippen molar-refractivity contribution < 1.29 is 14.3 Å². The zero-order valence-electron chi connectivity index (χ0n) is 14.7. The monoisotopic (exact) mass is 490 g/mol. The minimum Gasteiger partial charge on any atom is -0.423 e. The number of carbonyl (C=O) groups excluding carboxylic acids is 2. The van der Waals surface area contributed by atoms with Gasteiger partial charge in [0.05, 0.1) is 22.4 Å². The largest absolute Gasteiger partial charge is 0.423 e. The summed E-state index contributed by atoms with van der Waals surface area (Å²) in [6, 6.07) is 18.2. The predicted molar refractivity (Wildman–Crippen MR) is 117 cm³/mol. The summed E-state index contributed by atoms with van der Waals surface area (Å²) in [4.78, 5) is 24.4. The van der Waals surface area contributed by atoms with Crippen LogP contribution in [0.15, 0.2) is 76.3 Å². The Balaban J connectivity index is 1.66. The van der Waals surface area contributed by atoms with Gasteiger partial charge in [-0.2, -0.15) is 5.10 Å². The molecular weight excluding hydrogens is 479 g/mol. The Morgan fingerprint density at radius 1 is 0.966 bits per heavy atom. The lowest BCUT2D eigenvalue weighted by Crippen LogP contribution is -2.18. The lowest BCUT2D eigenvalue weighted by molar-refractivity contribution is 0.0734. The summed E-state index contributed by atoms with van der Waals surface area (Å²) in [5.74, 6) is -0.654. The maximum atomic E-state index is 12.3. The van der Waals surface area contributed by atoms with Crippen molar-refractivity contribution in [2.45, 2.75) is 0 Å². The van der Waals surface area contributed by atoms with Gasteiger partial charge in [-0.05, 0) is 64.0 Å². The fourth-order valence-corrected chi connectivity index (χ4v) is 3.30. The first-order chi connectivity index (χ1) is 13.9. The van der Waals surface area contributed by atoms with E-state index in [-0.39, 0.29) is 16.5 Å². The zero-order valence-corrected chi connectivity index (χ0v) is 17.8. The van der Waals surface area contributed by atoms with Gasteiger partial charge in [0.15, 0.2) is 0 Å². The van der Waals surface area contributed by atoms with Gasteiger partial charge in [0.1, 0.15) is 5.75 Å². The van der Waals surface area contributed by atoms with E-state index in [4.69, 9.17) is 27.9 Å². The number of carbonyl (C=O) groups is 2. The summed E-state index contributed by atoms with van der Waals surface area (Å²) in [5.41, 5.74) is 3.75. The first kappa shape index (κ1) is 21.0. The van der Waals surface area contributed by atoms with E-state index < -0.39 is 5.97 Å². The molecule has 0 aliphatic rings. The van der Waals surface area contributed by atoms with Crippen molar-refractivity contribution >= 4 is 57.2 Å². The molecule has 0 aromatic heterocycles. The molecule has 1 N–H and O–H groups in total. The van der Waals surface area contributed by atoms with Crippen LogP contribution in [0.3, 0.4) is 0 Å². The van der Waals surface area contributed by atoms with Crippen molar-refractivity contribution in [1.29, 1.82) is 0 Å². The Bertz CT molecular complexity index is 1100. The summed E-state index contributed by atoms with van der Waals surface area (Å²) in [6.07, 6.45) is 1.45. The van der Waals surface area contributed by atoms with Gasteiger partial charge in [0.25, 0.3) is 5.91 Å². The van der Waals surface area contributed by atoms with Gasteiger partial charge in [0.2, 0.25) is 0 Å². The van der Waals surface area contributed by atoms with E-state index in [1.54, 1.807) is 48.5 Å². The number of nitrogens with zero attached hydrogens (tertiary/aromatic N) is 1. The van der Waals surface area contributed by atoms with Crippen LogP contribution in [0.5, 0.6) is 5.75 Å². The fourth-order valence-electron chi connectivity index (χ4n) is 2.35. The molecule has 0 fully saturated rings. The van der Waals surface area contributed by atoms with Gasteiger partial charge in [-0.25, -0.2) is 10.2 Å². The van der Waals surface area contributed by atoms with Crippen LogP contribution in [0.1, 0.15) is 26.3 Å². The number of amides is 1. The Morgan fingerprint density at radius 3 is 2.52 bits per heavy atom. The van der Waals surface area contributed by atoms with Crippen LogP contribution in [0.4, 0.5) is 0 Å². The van der Waals surface area contributed by atoms with Crippen LogP contribution in [0.2, 0.25) is 10.0 Å². The molecule has 146 valence electrons. The van der Waals surface area contributed by atoms with Crippen molar-refractivity contribution in [3.8, 4) is 5.75 Å². The maximum Gasteiger partial charge on any atom is 0.345 e. The predicted octanol–water partition coefficient (Wildman–Crippen LogP) is 5.74. The highest BCUT2D eigenvalue weighted by Crippen LogP contribution is 2.23. The summed E-state index contributed by atoms with van der Waals surface area (Å²) >= 11 is 15.2. The normalized spacial score (nSPS) is 10.7. The van der Waals surface area contributed by atoms with Crippen LogP contribution in [0, 0.1) is 0 Å². The molecule has 5 nitrogen and oxygen atoms in total. The quantitative estimate of drug-likeness (QED) is 0.214. The molecule has 29 heavy (non-hydrogen) atoms. The van der Waals surface area contributed by atoms with E-state index in [1.807, 2.05) is 6.07 Å². The lowest BCUT2D eigenvalue weighted by atomic mass is 10.2. The van der Waals surface area contributed by atoms with Crippen LogP contribution < -0.4 is 10.2 Å². The highest BCUT2D eigenvalue weighted by molar-refractivity contribution is 9.10. The zero-order chi connectivity index (χ0) is 20.8. The SMILES string of the molecule is O=C(Oc1cccc(C=NNC(=O)c2ccccc2Br)c1)c1ccc(Cl)cc1Cl. The first-order valence-electron chi connectivity index (χ1n) is 8.29. The van der Waals surface area contributed by atoms with Crippen LogP contribution in [-0.2, 0) is 0 Å². The standard InChI is InChI=1S/C21H13BrCl2N2O3/c22-18-7-2-1-6-16(18)20(27)26-25-12-13-4-3-5-15(10-13)29-21(28)17-9-8-14(23)11-19(17)24/h1-12H,(H,26,27). The van der Waals surface area contributed by atoms with E-state index in [0.717, 1.165) is 0 Å². The van der Waals surface area contributed by atoms with Crippen molar-refractivity contribution in [1.82, 2.24) is 5.43 Å². The second-order valence-corrected chi connectivity index (χ2v) is 7.46. The smallest absolute Gasteiger partial charge is 0.345 e. The molecule has 3 aromatic rings. The highest BCUT2D eigenvalue weighted by Gasteiger charge is 2.13. The Kier molecular flexibility index (Phi) is 7.04. The van der Waals surface area contributed by atoms with E-state index in [1.165, 1.54) is 18.3 Å². The number of nitrogens with one attached hydrogen (secondary N) is 1. The van der Waals surface area contributed by atoms with E-state index >= 15 is 0 Å². The topological polar surface area (TPSA) is 67.8 Å². The number of halogens is 3. The van der Waals surface area contributed by atoms with Gasteiger partial charge in [-0.3, -0.25) is 4.79 Å². The van der Waals surface area contributed by atoms with Crippen LogP contribution in [-0.4, -0.2) is 18.1 Å². The van der Waals surface area contributed by atoms with Gasteiger partial charge in [-0.1, -0.05) is 47.5 Å². The number of hydrogen-bond donors (Lipinski definition) is 1. The van der Waals surface area contributed by atoms with E-state index in [9.17, 15) is 9.59 Å². The molecule has 1 amide bonds.